The summed E-state index contributed by atoms with van der Waals surface area (Å²) in [7, 11) is 0. The number of aromatic nitrogens is 8. The molecule has 2 fully saturated rings. The summed E-state index contributed by atoms with van der Waals surface area (Å²) in [6.07, 6.45) is 10.8. The summed E-state index contributed by atoms with van der Waals surface area (Å²) >= 11 is 3.41. The van der Waals surface area contributed by atoms with Gasteiger partial charge in [0, 0.05) is 53.7 Å². The van der Waals surface area contributed by atoms with E-state index in [0.29, 0.717) is 75.0 Å². The summed E-state index contributed by atoms with van der Waals surface area (Å²) in [6, 6.07) is 4.41. The van der Waals surface area contributed by atoms with Crippen LogP contribution in [0.5, 0.6) is 0 Å². The molecule has 1 aliphatic carbocycles. The molecule has 1 N–H and O–H groups in total. The third kappa shape index (κ3) is 6.32. The van der Waals surface area contributed by atoms with Gasteiger partial charge in [-0.15, -0.1) is 16.8 Å². The van der Waals surface area contributed by atoms with Gasteiger partial charge >= 0.3 is 0 Å². The molecule has 1 saturated heterocycles. The number of nitrogens with zero attached hydrogens (tertiary/aromatic N) is 9. The predicted octanol–water partition coefficient (Wildman–Crippen LogP) is 5.06. The Balaban J connectivity index is 1.14. The molecule has 5 aromatic heterocycles. The summed E-state index contributed by atoms with van der Waals surface area (Å²) in [4.78, 5) is 60.0. The van der Waals surface area contributed by atoms with Crippen molar-refractivity contribution in [1.82, 2.24) is 44.8 Å². The van der Waals surface area contributed by atoms with Crippen LogP contribution in [0.1, 0.15) is 73.2 Å². The van der Waals surface area contributed by atoms with E-state index in [9.17, 15) is 14.4 Å². The predicted molar refractivity (Wildman–Crippen MR) is 186 cm³/mol. The van der Waals surface area contributed by atoms with Crippen molar-refractivity contribution < 1.29 is 18.8 Å². The van der Waals surface area contributed by atoms with E-state index in [2.05, 4.69) is 70.0 Å². The van der Waals surface area contributed by atoms with Gasteiger partial charge in [0.2, 0.25) is 23.6 Å². The Hall–Kier alpha value is -5.18. The van der Waals surface area contributed by atoms with Crippen molar-refractivity contribution in [2.24, 2.45) is 5.41 Å². The van der Waals surface area contributed by atoms with Crippen molar-refractivity contribution in [1.29, 1.82) is 0 Å². The minimum absolute atomic E-state index is 0.182. The number of Topliss-reactive ketones (excluding diaryl/α,β-unsaturated/α-hetero) is 1. The number of hydrogen-bond acceptors (Lipinski definition) is 11. The lowest BCUT2D eigenvalue weighted by Crippen LogP contribution is -2.47. The van der Waals surface area contributed by atoms with Gasteiger partial charge in [-0.2, -0.15) is 5.10 Å². The van der Waals surface area contributed by atoms with Gasteiger partial charge in [0.05, 0.1) is 23.8 Å². The van der Waals surface area contributed by atoms with E-state index in [-0.39, 0.29) is 47.7 Å². The number of amides is 2. The standard InChI is InChI=1S/C35H35BrN10O4/c1-5-7-8-29-42-43-30(50-29)11-21-9-10-28(36)40-33(21)41-34(49)25-13-35(6-2)14-27(35)46(25)31(48)18-45-26-17-39-24(22-15-37-20(4)38-16-22)12-23(26)32(44-45)19(3)47/h6,9-10,12,15-17,25,27H,2,5,7-8,11,13-14,18H2,1,3-4H3,(H,40,41,49)/t25-,27?,35-/m0/s1. The van der Waals surface area contributed by atoms with Crippen molar-refractivity contribution in [3.8, 4) is 11.3 Å². The number of rotatable bonds is 12. The number of carbonyl (C=O) groups excluding carboxylic acids is 3. The number of nitrogens with one attached hydrogen (secondary N) is 1. The van der Waals surface area contributed by atoms with E-state index in [1.807, 2.05) is 12.1 Å². The average molecular weight is 740 g/mol. The summed E-state index contributed by atoms with van der Waals surface area (Å²) in [6.45, 7) is 9.15. The highest BCUT2D eigenvalue weighted by molar-refractivity contribution is 9.10. The van der Waals surface area contributed by atoms with Gasteiger partial charge in [-0.3, -0.25) is 24.0 Å². The van der Waals surface area contributed by atoms with E-state index < -0.39 is 6.04 Å². The Morgan fingerprint density at radius 1 is 1.12 bits per heavy atom. The number of ketones is 1. The van der Waals surface area contributed by atoms with Crippen molar-refractivity contribution in [3.05, 3.63) is 82.9 Å². The van der Waals surface area contributed by atoms with Crippen LogP contribution >= 0.6 is 15.9 Å². The van der Waals surface area contributed by atoms with E-state index in [0.717, 1.165) is 12.8 Å². The number of fused-ring (bicyclic) bond motifs is 2. The molecule has 1 saturated carbocycles. The van der Waals surface area contributed by atoms with Crippen LogP contribution in [0.3, 0.4) is 0 Å². The van der Waals surface area contributed by atoms with Crippen LogP contribution in [-0.4, -0.2) is 74.5 Å². The Labute approximate surface area is 296 Å². The minimum Gasteiger partial charge on any atom is -0.425 e. The molecule has 0 spiro atoms. The molecule has 256 valence electrons. The maximum atomic E-state index is 14.1. The highest BCUT2D eigenvalue weighted by Crippen LogP contribution is 2.60. The van der Waals surface area contributed by atoms with Gasteiger partial charge in [0.15, 0.2) is 5.78 Å². The quantitative estimate of drug-likeness (QED) is 0.103. The first-order valence-electron chi connectivity index (χ1n) is 16.5. The first-order chi connectivity index (χ1) is 24.1. The Morgan fingerprint density at radius 2 is 1.90 bits per heavy atom. The molecule has 50 heavy (non-hydrogen) atoms. The monoisotopic (exact) mass is 738 g/mol. The first-order valence-corrected chi connectivity index (χ1v) is 17.3. The maximum Gasteiger partial charge on any atom is 0.248 e. The fourth-order valence-corrected chi connectivity index (χ4v) is 6.96. The van der Waals surface area contributed by atoms with Crippen LogP contribution in [0.2, 0.25) is 0 Å². The normalized spacial score (nSPS) is 19.4. The lowest BCUT2D eigenvalue weighted by atomic mass is 9.99. The highest BCUT2D eigenvalue weighted by atomic mass is 79.9. The number of pyridine rings is 2. The van der Waals surface area contributed by atoms with Crippen LogP contribution in [0.15, 0.2) is 58.5 Å². The van der Waals surface area contributed by atoms with Crippen molar-refractivity contribution in [2.45, 2.75) is 77.9 Å². The molecule has 1 unspecified atom stereocenters. The van der Waals surface area contributed by atoms with Gasteiger partial charge in [0.25, 0.3) is 0 Å². The third-order valence-corrected chi connectivity index (χ3v) is 9.87. The summed E-state index contributed by atoms with van der Waals surface area (Å²) in [5.41, 5.74) is 2.34. The Bertz CT molecular complexity index is 2140. The SMILES string of the molecule is C=C[C@]12CC1N(C(=O)Cn1nc(C(C)=O)c3cc(-c4cnc(C)nc4)ncc31)[C@H](C(=O)Nc1nc(Br)ccc1Cc1nnc(CCCC)o1)C2. The van der Waals surface area contributed by atoms with Gasteiger partial charge in [-0.25, -0.2) is 15.0 Å². The number of piperidine rings is 1. The molecular formula is C35H35BrN10O4. The molecular weight excluding hydrogens is 704 g/mol. The van der Waals surface area contributed by atoms with Crippen molar-refractivity contribution >= 4 is 50.2 Å². The molecule has 0 radical (unpaired) electrons. The number of halogens is 1. The van der Waals surface area contributed by atoms with E-state index in [4.69, 9.17) is 4.42 Å². The fraction of sp³-hybridized carbons (Fsp3) is 0.371. The van der Waals surface area contributed by atoms with Gasteiger partial charge in [-0.05, 0) is 54.2 Å². The second kappa shape index (κ2) is 13.3. The number of anilines is 1. The number of aryl methyl sites for hydroxylation is 2. The highest BCUT2D eigenvalue weighted by Gasteiger charge is 2.65. The average Bonchev–Trinajstić information content (AvgIpc) is 3.37. The summed E-state index contributed by atoms with van der Waals surface area (Å²) < 4.78 is 7.85. The van der Waals surface area contributed by atoms with E-state index in [1.165, 1.54) is 11.6 Å². The molecule has 6 heterocycles. The molecule has 0 bridgehead atoms. The smallest absolute Gasteiger partial charge is 0.248 e. The molecule has 14 nitrogen and oxygen atoms in total. The summed E-state index contributed by atoms with van der Waals surface area (Å²) in [5.74, 6) is 1.04. The zero-order chi connectivity index (χ0) is 35.2. The largest absolute Gasteiger partial charge is 0.425 e. The number of likely N-dealkylation sites (tertiary alicyclic amines) is 1. The molecule has 5 aromatic rings. The molecule has 1 aliphatic heterocycles. The Kier molecular flexibility index (Phi) is 8.84. The van der Waals surface area contributed by atoms with Crippen LogP contribution in [0.4, 0.5) is 5.82 Å². The van der Waals surface area contributed by atoms with E-state index >= 15 is 0 Å². The maximum absolute atomic E-state index is 14.1. The molecule has 0 aromatic carbocycles. The lowest BCUT2D eigenvalue weighted by Gasteiger charge is -2.27. The van der Waals surface area contributed by atoms with Crippen molar-refractivity contribution in [3.63, 3.8) is 0 Å². The lowest BCUT2D eigenvalue weighted by molar-refractivity contribution is -0.138. The second-order valence-corrected chi connectivity index (χ2v) is 13.7. The molecule has 2 aliphatic rings. The number of carbonyl (C=O) groups is 3. The molecule has 3 atom stereocenters. The van der Waals surface area contributed by atoms with E-state index in [1.54, 1.807) is 42.5 Å². The first kappa shape index (κ1) is 33.3. The minimum atomic E-state index is -0.780. The van der Waals surface area contributed by atoms with Crippen LogP contribution in [0, 0.1) is 12.3 Å². The third-order valence-electron chi connectivity index (χ3n) is 9.43. The molecule has 15 heteroatoms. The zero-order valence-corrected chi connectivity index (χ0v) is 29.5. The van der Waals surface area contributed by atoms with Crippen molar-refractivity contribution in [2.75, 3.05) is 5.32 Å². The second-order valence-electron chi connectivity index (χ2n) is 12.8. The summed E-state index contributed by atoms with van der Waals surface area (Å²) in [5, 5.41) is 16.4. The van der Waals surface area contributed by atoms with Gasteiger partial charge in [-0.1, -0.05) is 25.5 Å². The van der Waals surface area contributed by atoms with Crippen LogP contribution in [0.25, 0.3) is 22.2 Å². The fourth-order valence-electron chi connectivity index (χ4n) is 6.65. The van der Waals surface area contributed by atoms with Crippen LogP contribution in [-0.2, 0) is 29.0 Å². The zero-order valence-electron chi connectivity index (χ0n) is 27.9. The van der Waals surface area contributed by atoms with Crippen LogP contribution < -0.4 is 5.32 Å². The number of hydrogen-bond donors (Lipinski definition) is 1. The van der Waals surface area contributed by atoms with Gasteiger partial charge < -0.3 is 14.6 Å². The topological polar surface area (TPSA) is 175 Å². The Morgan fingerprint density at radius 3 is 2.64 bits per heavy atom. The number of unbranched alkanes of at least 4 members (excludes halogenated alkanes) is 1. The molecule has 7 rings (SSSR count). The molecule has 2 amide bonds. The van der Waals surface area contributed by atoms with Gasteiger partial charge in [0.1, 0.15) is 34.5 Å².